The molecule has 25 heavy (non-hydrogen) atoms. The molecular formula is C21H25NO3. The van der Waals surface area contributed by atoms with Crippen LogP contribution in [0.2, 0.25) is 0 Å². The van der Waals surface area contributed by atoms with Crippen LogP contribution in [0.3, 0.4) is 0 Å². The molecule has 1 aliphatic carbocycles. The molecule has 2 aromatic rings. The van der Waals surface area contributed by atoms with Gasteiger partial charge in [-0.3, -0.25) is 0 Å². The van der Waals surface area contributed by atoms with Gasteiger partial charge in [-0.15, -0.1) is 0 Å². The Kier molecular flexibility index (Phi) is 4.40. The van der Waals surface area contributed by atoms with Gasteiger partial charge in [-0.1, -0.05) is 30.3 Å². The second-order valence-electron chi connectivity index (χ2n) is 7.13. The second kappa shape index (κ2) is 6.70. The number of para-hydroxylation sites is 1. The third-order valence-corrected chi connectivity index (χ3v) is 5.52. The molecule has 0 amide bonds. The summed E-state index contributed by atoms with van der Waals surface area (Å²) in [6.07, 6.45) is 3.92. The lowest BCUT2D eigenvalue weighted by Crippen LogP contribution is -2.49. The number of hydrogen-bond donors (Lipinski definition) is 2. The highest BCUT2D eigenvalue weighted by Crippen LogP contribution is 2.48. The number of ether oxygens (including phenoxy) is 2. The number of aliphatic hydroxyl groups excluding tert-OH is 1. The number of rotatable bonds is 5. The van der Waals surface area contributed by atoms with E-state index in [4.69, 9.17) is 9.47 Å². The van der Waals surface area contributed by atoms with Gasteiger partial charge in [-0.05, 0) is 43.0 Å². The molecule has 4 heteroatoms. The van der Waals surface area contributed by atoms with E-state index in [0.717, 1.165) is 36.3 Å². The van der Waals surface area contributed by atoms with Crippen LogP contribution in [0.5, 0.6) is 11.5 Å². The summed E-state index contributed by atoms with van der Waals surface area (Å²) in [5.74, 6) is 1.79. The largest absolute Gasteiger partial charge is 0.497 e. The lowest BCUT2D eigenvalue weighted by atomic mass is 9.73. The Morgan fingerprint density at radius 2 is 1.96 bits per heavy atom. The van der Waals surface area contributed by atoms with Crippen LogP contribution in [0.4, 0.5) is 0 Å². The fourth-order valence-corrected chi connectivity index (χ4v) is 3.88. The third-order valence-electron chi connectivity index (χ3n) is 5.52. The summed E-state index contributed by atoms with van der Waals surface area (Å²) < 4.78 is 11.5. The molecule has 1 fully saturated rings. The molecule has 1 spiro atoms. The SMILES string of the molecule is COc1ccc(C(O)CNC2CC3(CCC3)Oc3ccccc32)cc1. The third kappa shape index (κ3) is 3.24. The first-order valence-corrected chi connectivity index (χ1v) is 9.02. The van der Waals surface area contributed by atoms with E-state index in [1.54, 1.807) is 7.11 Å². The first kappa shape index (κ1) is 16.4. The molecular weight excluding hydrogens is 314 g/mol. The topological polar surface area (TPSA) is 50.7 Å². The van der Waals surface area contributed by atoms with E-state index in [1.807, 2.05) is 30.3 Å². The second-order valence-corrected chi connectivity index (χ2v) is 7.13. The summed E-state index contributed by atoms with van der Waals surface area (Å²) in [7, 11) is 1.64. The molecule has 4 nitrogen and oxygen atoms in total. The molecule has 1 aliphatic heterocycles. The molecule has 132 valence electrons. The fraction of sp³-hybridized carbons (Fsp3) is 0.429. The van der Waals surface area contributed by atoms with Gasteiger partial charge in [-0.25, -0.2) is 0 Å². The van der Waals surface area contributed by atoms with Gasteiger partial charge in [0, 0.05) is 24.6 Å². The van der Waals surface area contributed by atoms with Crippen molar-refractivity contribution in [1.82, 2.24) is 5.32 Å². The average Bonchev–Trinajstić information content (AvgIpc) is 2.64. The molecule has 2 N–H and O–H groups in total. The lowest BCUT2D eigenvalue weighted by molar-refractivity contribution is -0.0379. The maximum Gasteiger partial charge on any atom is 0.124 e. The number of aliphatic hydroxyl groups is 1. The van der Waals surface area contributed by atoms with E-state index in [1.165, 1.54) is 12.0 Å². The zero-order valence-corrected chi connectivity index (χ0v) is 14.6. The molecule has 2 atom stereocenters. The highest BCUT2D eigenvalue weighted by Gasteiger charge is 2.45. The first-order chi connectivity index (χ1) is 12.2. The summed E-state index contributed by atoms with van der Waals surface area (Å²) >= 11 is 0. The first-order valence-electron chi connectivity index (χ1n) is 9.02. The normalized spacial score (nSPS) is 21.8. The highest BCUT2D eigenvalue weighted by molar-refractivity contribution is 5.39. The summed E-state index contributed by atoms with van der Waals surface area (Å²) in [4.78, 5) is 0. The van der Waals surface area contributed by atoms with E-state index >= 15 is 0 Å². The standard InChI is InChI=1S/C21H25NO3/c1-24-16-9-7-15(8-10-16)19(23)14-22-18-13-21(11-4-12-21)25-20-6-3-2-5-17(18)20/h2-3,5-10,18-19,22-23H,4,11-14H2,1H3. The molecule has 1 heterocycles. The van der Waals surface area contributed by atoms with Crippen molar-refractivity contribution in [3.8, 4) is 11.5 Å². The van der Waals surface area contributed by atoms with Gasteiger partial charge >= 0.3 is 0 Å². The molecule has 0 bridgehead atoms. The van der Waals surface area contributed by atoms with Crippen LogP contribution < -0.4 is 14.8 Å². The number of nitrogens with one attached hydrogen (secondary N) is 1. The van der Waals surface area contributed by atoms with E-state index in [-0.39, 0.29) is 11.6 Å². The van der Waals surface area contributed by atoms with Crippen LogP contribution in [-0.4, -0.2) is 24.4 Å². The molecule has 2 unspecified atom stereocenters. The minimum absolute atomic E-state index is 0.00289. The fourth-order valence-electron chi connectivity index (χ4n) is 3.88. The minimum atomic E-state index is -0.543. The average molecular weight is 339 g/mol. The van der Waals surface area contributed by atoms with Crippen LogP contribution in [0.15, 0.2) is 48.5 Å². The van der Waals surface area contributed by atoms with Gasteiger partial charge in [0.2, 0.25) is 0 Å². The number of benzene rings is 2. The summed E-state index contributed by atoms with van der Waals surface area (Å²) in [6.45, 7) is 0.515. The van der Waals surface area contributed by atoms with Crippen LogP contribution in [0, 0.1) is 0 Å². The Hall–Kier alpha value is -2.04. The van der Waals surface area contributed by atoms with Crippen molar-refractivity contribution in [2.24, 2.45) is 0 Å². The molecule has 0 aromatic heterocycles. The van der Waals surface area contributed by atoms with Crippen LogP contribution >= 0.6 is 0 Å². The van der Waals surface area contributed by atoms with Crippen LogP contribution in [0.1, 0.15) is 49.0 Å². The number of methoxy groups -OCH3 is 1. The van der Waals surface area contributed by atoms with Gasteiger partial charge in [0.05, 0.1) is 13.2 Å². The maximum atomic E-state index is 10.5. The van der Waals surface area contributed by atoms with Crippen molar-refractivity contribution in [3.63, 3.8) is 0 Å². The Bertz CT molecular complexity index is 724. The van der Waals surface area contributed by atoms with Crippen molar-refractivity contribution < 1.29 is 14.6 Å². The van der Waals surface area contributed by atoms with Crippen molar-refractivity contribution in [1.29, 1.82) is 0 Å². The van der Waals surface area contributed by atoms with E-state index in [2.05, 4.69) is 23.5 Å². The molecule has 1 saturated carbocycles. The van der Waals surface area contributed by atoms with Gasteiger partial charge in [0.15, 0.2) is 0 Å². The smallest absolute Gasteiger partial charge is 0.124 e. The van der Waals surface area contributed by atoms with Crippen LogP contribution in [-0.2, 0) is 0 Å². The molecule has 4 rings (SSSR count). The van der Waals surface area contributed by atoms with Gasteiger partial charge in [0.25, 0.3) is 0 Å². The summed E-state index contributed by atoms with van der Waals surface area (Å²) in [5, 5.41) is 14.1. The zero-order valence-electron chi connectivity index (χ0n) is 14.6. The van der Waals surface area contributed by atoms with Crippen molar-refractivity contribution in [2.45, 2.75) is 43.4 Å². The Morgan fingerprint density at radius 3 is 2.64 bits per heavy atom. The highest BCUT2D eigenvalue weighted by atomic mass is 16.5. The van der Waals surface area contributed by atoms with Crippen molar-refractivity contribution in [3.05, 3.63) is 59.7 Å². The predicted molar refractivity (Wildman–Crippen MR) is 97.0 cm³/mol. The van der Waals surface area contributed by atoms with Gasteiger partial charge < -0.3 is 19.9 Å². The predicted octanol–water partition coefficient (Wildman–Crippen LogP) is 3.76. The van der Waals surface area contributed by atoms with E-state index in [0.29, 0.717) is 6.54 Å². The molecule has 0 radical (unpaired) electrons. The monoisotopic (exact) mass is 339 g/mol. The minimum Gasteiger partial charge on any atom is -0.497 e. The lowest BCUT2D eigenvalue weighted by Gasteiger charge is -2.48. The Morgan fingerprint density at radius 1 is 1.20 bits per heavy atom. The van der Waals surface area contributed by atoms with Gasteiger partial charge in [0.1, 0.15) is 17.1 Å². The van der Waals surface area contributed by atoms with Crippen molar-refractivity contribution >= 4 is 0 Å². The molecule has 2 aliphatic rings. The number of fused-ring (bicyclic) bond motifs is 1. The van der Waals surface area contributed by atoms with Crippen molar-refractivity contribution in [2.75, 3.05) is 13.7 Å². The zero-order chi connectivity index (χ0) is 17.3. The quantitative estimate of drug-likeness (QED) is 0.871. The summed E-state index contributed by atoms with van der Waals surface area (Å²) in [5.41, 5.74) is 2.09. The Balaban J connectivity index is 1.46. The molecule has 2 aromatic carbocycles. The summed E-state index contributed by atoms with van der Waals surface area (Å²) in [6, 6.07) is 16.1. The maximum absolute atomic E-state index is 10.5. The van der Waals surface area contributed by atoms with E-state index in [9.17, 15) is 5.11 Å². The van der Waals surface area contributed by atoms with Gasteiger partial charge in [-0.2, -0.15) is 0 Å². The van der Waals surface area contributed by atoms with Crippen LogP contribution in [0.25, 0.3) is 0 Å². The molecule has 0 saturated heterocycles. The Labute approximate surface area is 148 Å². The van der Waals surface area contributed by atoms with E-state index < -0.39 is 6.10 Å². The number of hydrogen-bond acceptors (Lipinski definition) is 4.